The second kappa shape index (κ2) is 6.18. The van der Waals surface area contributed by atoms with E-state index in [0.717, 1.165) is 12.8 Å². The molecule has 24 heavy (non-hydrogen) atoms. The van der Waals surface area contributed by atoms with Crippen LogP contribution in [0.25, 0.3) is 0 Å². The number of rotatable bonds is 5. The molecule has 3 aliphatic rings. The summed E-state index contributed by atoms with van der Waals surface area (Å²) in [6.45, 7) is 6.62. The van der Waals surface area contributed by atoms with Crippen LogP contribution in [0.5, 0.6) is 0 Å². The van der Waals surface area contributed by atoms with Crippen molar-refractivity contribution in [3.05, 3.63) is 36.0 Å². The zero-order chi connectivity index (χ0) is 17.4. The van der Waals surface area contributed by atoms with Crippen molar-refractivity contribution in [3.8, 4) is 0 Å². The summed E-state index contributed by atoms with van der Waals surface area (Å²) in [6, 6.07) is 3.54. The highest BCUT2D eigenvalue weighted by Gasteiger charge is 2.51. The Morgan fingerprint density at radius 1 is 1.42 bits per heavy atom. The summed E-state index contributed by atoms with van der Waals surface area (Å²) in [5.41, 5.74) is -0.0328. The van der Waals surface area contributed by atoms with Crippen molar-refractivity contribution in [2.75, 3.05) is 18.2 Å². The Kier molecular flexibility index (Phi) is 4.36. The summed E-state index contributed by atoms with van der Waals surface area (Å²) in [6.07, 6.45) is 7.94. The smallest absolute Gasteiger partial charge is 0.252 e. The maximum absolute atomic E-state index is 11.9. The number of nitrogens with one attached hydrogen (secondary N) is 1. The fraction of sp³-hybridized carbons (Fsp3) is 0.556. The first-order valence-corrected chi connectivity index (χ1v) is 8.45. The fourth-order valence-electron chi connectivity index (χ4n) is 3.26. The first-order chi connectivity index (χ1) is 11.4. The normalized spacial score (nSPS) is 28.5. The Morgan fingerprint density at radius 3 is 2.75 bits per heavy atom. The van der Waals surface area contributed by atoms with Gasteiger partial charge in [0.1, 0.15) is 5.60 Å². The largest absolute Gasteiger partial charge is 0.395 e. The van der Waals surface area contributed by atoms with E-state index in [1.165, 1.54) is 0 Å². The number of carbonyl (C=O) groups excluding carboxylic acids is 1. The number of hydroxylamine groups is 1. The number of nitrogens with zero attached hydrogens (tertiary/aromatic N) is 2. The van der Waals surface area contributed by atoms with Gasteiger partial charge in [0.05, 0.1) is 17.7 Å². The molecule has 2 aliphatic heterocycles. The predicted molar refractivity (Wildman–Crippen MR) is 91.6 cm³/mol. The summed E-state index contributed by atoms with van der Waals surface area (Å²) in [5, 5.41) is 13.3. The molecule has 1 amide bonds. The SMILES string of the molecule is CC(C)C12C=CC(C)(CC1)N(c1ccc(C(=O)NCCO)cn1)O2. The highest BCUT2D eigenvalue weighted by atomic mass is 16.7. The molecule has 0 saturated carbocycles. The number of anilines is 1. The lowest BCUT2D eigenvalue weighted by molar-refractivity contribution is -0.125. The van der Waals surface area contributed by atoms with Crippen LogP contribution >= 0.6 is 0 Å². The van der Waals surface area contributed by atoms with Crippen molar-refractivity contribution in [2.45, 2.75) is 44.8 Å². The van der Waals surface area contributed by atoms with Crippen LogP contribution < -0.4 is 10.4 Å². The first-order valence-electron chi connectivity index (χ1n) is 8.45. The second-order valence-corrected chi connectivity index (χ2v) is 7.07. The zero-order valence-corrected chi connectivity index (χ0v) is 14.5. The molecule has 2 unspecified atom stereocenters. The van der Waals surface area contributed by atoms with Gasteiger partial charge in [0.2, 0.25) is 0 Å². The highest BCUT2D eigenvalue weighted by Crippen LogP contribution is 2.47. The van der Waals surface area contributed by atoms with Crippen LogP contribution in [0.3, 0.4) is 0 Å². The van der Waals surface area contributed by atoms with E-state index in [2.05, 4.69) is 43.2 Å². The van der Waals surface area contributed by atoms with Crippen LogP contribution in [-0.4, -0.2) is 40.3 Å². The fourth-order valence-corrected chi connectivity index (χ4v) is 3.26. The van der Waals surface area contributed by atoms with Crippen molar-refractivity contribution < 1.29 is 14.7 Å². The van der Waals surface area contributed by atoms with Crippen LogP contribution in [0.1, 0.15) is 44.0 Å². The number of aromatic nitrogens is 1. The third-order valence-corrected chi connectivity index (χ3v) is 5.06. The number of aliphatic hydroxyl groups is 1. The molecule has 130 valence electrons. The summed E-state index contributed by atoms with van der Waals surface area (Å²) >= 11 is 0. The van der Waals surface area contributed by atoms with Crippen molar-refractivity contribution in [3.63, 3.8) is 0 Å². The minimum Gasteiger partial charge on any atom is -0.395 e. The van der Waals surface area contributed by atoms with E-state index < -0.39 is 0 Å². The highest BCUT2D eigenvalue weighted by molar-refractivity contribution is 5.94. The quantitative estimate of drug-likeness (QED) is 0.808. The van der Waals surface area contributed by atoms with Gasteiger partial charge in [-0.25, -0.2) is 10.0 Å². The van der Waals surface area contributed by atoms with E-state index in [-0.39, 0.29) is 30.2 Å². The lowest BCUT2D eigenvalue weighted by atomic mass is 9.74. The lowest BCUT2D eigenvalue weighted by Crippen LogP contribution is -2.61. The molecular weight excluding hydrogens is 306 g/mol. The second-order valence-electron chi connectivity index (χ2n) is 7.07. The molecule has 2 atom stereocenters. The van der Waals surface area contributed by atoms with Gasteiger partial charge in [-0.15, -0.1) is 0 Å². The number of hydrogen-bond donors (Lipinski definition) is 2. The molecule has 1 aromatic heterocycles. The number of aliphatic hydroxyl groups excluding tert-OH is 1. The third kappa shape index (κ3) is 2.80. The Morgan fingerprint density at radius 2 is 2.21 bits per heavy atom. The maximum Gasteiger partial charge on any atom is 0.252 e. The van der Waals surface area contributed by atoms with Gasteiger partial charge < -0.3 is 10.4 Å². The van der Waals surface area contributed by atoms with Gasteiger partial charge in [-0.2, -0.15) is 0 Å². The first kappa shape index (κ1) is 16.9. The van der Waals surface area contributed by atoms with Gasteiger partial charge in [0.25, 0.3) is 5.91 Å². The number of hydrogen-bond acceptors (Lipinski definition) is 5. The van der Waals surface area contributed by atoms with Crippen LogP contribution in [0.15, 0.2) is 30.5 Å². The van der Waals surface area contributed by atoms with Crippen LogP contribution in [-0.2, 0) is 4.84 Å². The molecule has 6 nitrogen and oxygen atoms in total. The Labute approximate surface area is 142 Å². The number of carbonyl (C=O) groups is 1. The Balaban J connectivity index is 1.82. The zero-order valence-electron chi connectivity index (χ0n) is 14.5. The molecule has 1 aliphatic carbocycles. The van der Waals surface area contributed by atoms with Crippen LogP contribution in [0, 0.1) is 5.92 Å². The molecule has 2 bridgehead atoms. The standard InChI is InChI=1S/C18H25N3O3/c1-13(2)18-8-6-17(3,7-9-18)21(24-18)15-5-4-14(12-20-15)16(23)19-10-11-22/h4-6,8,12-13,22H,7,9-11H2,1-3H3,(H,19,23). The number of pyridine rings is 1. The molecule has 6 heteroatoms. The van der Waals surface area contributed by atoms with Crippen LogP contribution in [0.4, 0.5) is 5.82 Å². The Bertz CT molecular complexity index is 643. The van der Waals surface area contributed by atoms with E-state index in [4.69, 9.17) is 9.94 Å². The van der Waals surface area contributed by atoms with Crippen molar-refractivity contribution in [2.24, 2.45) is 5.92 Å². The summed E-state index contributed by atoms with van der Waals surface area (Å²) < 4.78 is 0. The molecule has 1 aromatic rings. The third-order valence-electron chi connectivity index (χ3n) is 5.06. The molecule has 1 fully saturated rings. The molecule has 0 aromatic carbocycles. The molecule has 4 rings (SSSR count). The van der Waals surface area contributed by atoms with Crippen molar-refractivity contribution in [1.29, 1.82) is 0 Å². The summed E-state index contributed by atoms with van der Waals surface area (Å²) in [7, 11) is 0. The number of amides is 1. The van der Waals surface area contributed by atoms with Crippen molar-refractivity contribution in [1.82, 2.24) is 10.3 Å². The molecule has 0 spiro atoms. The van der Waals surface area contributed by atoms with E-state index in [1.807, 2.05) is 11.1 Å². The maximum atomic E-state index is 11.9. The van der Waals surface area contributed by atoms with E-state index in [9.17, 15) is 4.79 Å². The Hall–Kier alpha value is -1.92. The predicted octanol–water partition coefficient (Wildman–Crippen LogP) is 2.06. The monoisotopic (exact) mass is 331 g/mol. The minimum absolute atomic E-state index is 0.0825. The molecule has 2 N–H and O–H groups in total. The summed E-state index contributed by atoms with van der Waals surface area (Å²) in [5.74, 6) is 0.823. The van der Waals surface area contributed by atoms with Gasteiger partial charge in [0.15, 0.2) is 5.82 Å². The van der Waals surface area contributed by atoms with E-state index >= 15 is 0 Å². The molecular formula is C18H25N3O3. The number of fused-ring (bicyclic) bond motifs is 2. The van der Waals surface area contributed by atoms with Gasteiger partial charge in [-0.05, 0) is 37.8 Å². The summed E-state index contributed by atoms with van der Waals surface area (Å²) in [4.78, 5) is 22.7. The lowest BCUT2D eigenvalue weighted by Gasteiger charge is -2.55. The van der Waals surface area contributed by atoms with Gasteiger partial charge in [-0.1, -0.05) is 26.0 Å². The topological polar surface area (TPSA) is 74.7 Å². The average Bonchev–Trinajstić information content (AvgIpc) is 2.60. The van der Waals surface area contributed by atoms with Gasteiger partial charge >= 0.3 is 0 Å². The average molecular weight is 331 g/mol. The van der Waals surface area contributed by atoms with Gasteiger partial charge in [-0.3, -0.25) is 9.63 Å². The van der Waals surface area contributed by atoms with E-state index in [0.29, 0.717) is 17.3 Å². The van der Waals surface area contributed by atoms with Crippen LogP contribution in [0.2, 0.25) is 0 Å². The molecule has 1 saturated heterocycles. The van der Waals surface area contributed by atoms with E-state index in [1.54, 1.807) is 12.3 Å². The van der Waals surface area contributed by atoms with Crippen molar-refractivity contribution >= 4 is 11.7 Å². The molecule has 3 heterocycles. The molecule has 0 radical (unpaired) electrons. The minimum atomic E-state index is -0.281. The van der Waals surface area contributed by atoms with Gasteiger partial charge in [0, 0.05) is 12.7 Å².